The maximum Gasteiger partial charge on any atom is 0.203 e. The number of hydrogen-bond donors (Lipinski definition) is 2. The monoisotopic (exact) mass is 278 g/mol. The number of nitrogens with zero attached hydrogens (tertiary/aromatic N) is 2. The van der Waals surface area contributed by atoms with Gasteiger partial charge in [0.2, 0.25) is 5.95 Å². The summed E-state index contributed by atoms with van der Waals surface area (Å²) in [6.45, 7) is 1.98. The molecule has 21 heavy (non-hydrogen) atoms. The van der Waals surface area contributed by atoms with E-state index in [0.717, 1.165) is 48.6 Å². The van der Waals surface area contributed by atoms with Crippen molar-refractivity contribution in [3.63, 3.8) is 0 Å². The molecule has 3 N–H and O–H groups in total. The lowest BCUT2D eigenvalue weighted by Crippen LogP contribution is -2.26. The first-order chi connectivity index (χ1) is 10.3. The fourth-order valence-electron chi connectivity index (χ4n) is 3.04. The summed E-state index contributed by atoms with van der Waals surface area (Å²) in [5.41, 5.74) is 11.5. The van der Waals surface area contributed by atoms with Gasteiger partial charge in [0.15, 0.2) is 0 Å². The van der Waals surface area contributed by atoms with E-state index in [1.54, 1.807) is 0 Å². The number of aromatic nitrogens is 2. The number of nitrogen functional groups attached to an aromatic ring is 1. The van der Waals surface area contributed by atoms with Crippen LogP contribution in [0.1, 0.15) is 11.1 Å². The molecule has 4 nitrogen and oxygen atoms in total. The SMILES string of the molecule is Nc1ccc2nc(N3CCc4ccccc4CC3)[nH]c2c1. The van der Waals surface area contributed by atoms with Gasteiger partial charge in [-0.2, -0.15) is 0 Å². The third-order valence-electron chi connectivity index (χ3n) is 4.21. The number of fused-ring (bicyclic) bond motifs is 2. The summed E-state index contributed by atoms with van der Waals surface area (Å²) in [5.74, 6) is 0.948. The van der Waals surface area contributed by atoms with Gasteiger partial charge in [0, 0.05) is 18.8 Å². The van der Waals surface area contributed by atoms with E-state index in [9.17, 15) is 0 Å². The van der Waals surface area contributed by atoms with E-state index in [2.05, 4.69) is 34.1 Å². The van der Waals surface area contributed by atoms with E-state index < -0.39 is 0 Å². The molecule has 106 valence electrons. The minimum absolute atomic E-state index is 0.765. The highest BCUT2D eigenvalue weighted by Gasteiger charge is 2.16. The topological polar surface area (TPSA) is 57.9 Å². The van der Waals surface area contributed by atoms with E-state index in [0.29, 0.717) is 0 Å². The van der Waals surface area contributed by atoms with Crippen molar-refractivity contribution in [1.29, 1.82) is 0 Å². The molecule has 0 saturated heterocycles. The van der Waals surface area contributed by atoms with E-state index in [1.807, 2.05) is 18.2 Å². The molecule has 0 radical (unpaired) electrons. The molecule has 1 aliphatic heterocycles. The quantitative estimate of drug-likeness (QED) is 0.673. The molecule has 2 heterocycles. The van der Waals surface area contributed by atoms with Crippen LogP contribution in [-0.2, 0) is 12.8 Å². The van der Waals surface area contributed by atoms with Gasteiger partial charge in [0.25, 0.3) is 0 Å². The molecule has 0 bridgehead atoms. The minimum atomic E-state index is 0.765. The van der Waals surface area contributed by atoms with Crippen molar-refractivity contribution in [2.75, 3.05) is 23.7 Å². The predicted molar refractivity (Wildman–Crippen MR) is 86.6 cm³/mol. The van der Waals surface area contributed by atoms with Gasteiger partial charge in [-0.05, 0) is 42.2 Å². The van der Waals surface area contributed by atoms with Crippen LogP contribution in [0.15, 0.2) is 42.5 Å². The number of benzene rings is 2. The number of imidazole rings is 1. The van der Waals surface area contributed by atoms with Crippen molar-refractivity contribution in [2.24, 2.45) is 0 Å². The normalized spacial score (nSPS) is 15.0. The summed E-state index contributed by atoms with van der Waals surface area (Å²) >= 11 is 0. The van der Waals surface area contributed by atoms with E-state index in [-0.39, 0.29) is 0 Å². The second-order valence-corrected chi connectivity index (χ2v) is 5.59. The molecule has 0 amide bonds. The van der Waals surface area contributed by atoms with E-state index in [4.69, 9.17) is 10.7 Å². The molecule has 3 aromatic rings. The first-order valence-electron chi connectivity index (χ1n) is 7.36. The number of hydrogen-bond acceptors (Lipinski definition) is 3. The molecule has 4 rings (SSSR count). The van der Waals surface area contributed by atoms with Gasteiger partial charge in [0.05, 0.1) is 11.0 Å². The van der Waals surface area contributed by atoms with Crippen molar-refractivity contribution in [3.05, 3.63) is 53.6 Å². The zero-order valence-electron chi connectivity index (χ0n) is 11.8. The Hall–Kier alpha value is -2.49. The van der Waals surface area contributed by atoms with Crippen molar-refractivity contribution in [2.45, 2.75) is 12.8 Å². The van der Waals surface area contributed by atoms with Crippen LogP contribution in [-0.4, -0.2) is 23.1 Å². The number of H-pyrrole nitrogens is 1. The molecule has 0 aliphatic carbocycles. The average molecular weight is 278 g/mol. The molecule has 0 spiro atoms. The molecule has 2 aromatic carbocycles. The fraction of sp³-hybridized carbons (Fsp3) is 0.235. The van der Waals surface area contributed by atoms with Crippen LogP contribution in [0.5, 0.6) is 0 Å². The molecule has 0 fully saturated rings. The number of anilines is 2. The van der Waals surface area contributed by atoms with Crippen LogP contribution in [0.3, 0.4) is 0 Å². The molecular weight excluding hydrogens is 260 g/mol. The van der Waals surface area contributed by atoms with Crippen molar-refractivity contribution in [3.8, 4) is 0 Å². The van der Waals surface area contributed by atoms with Gasteiger partial charge >= 0.3 is 0 Å². The Balaban J connectivity index is 1.64. The number of nitrogens with one attached hydrogen (secondary N) is 1. The Labute approximate surface area is 123 Å². The third kappa shape index (κ3) is 2.23. The summed E-state index contributed by atoms with van der Waals surface area (Å²) in [5, 5.41) is 0. The lowest BCUT2D eigenvalue weighted by molar-refractivity contribution is 0.782. The van der Waals surface area contributed by atoms with Crippen LogP contribution < -0.4 is 10.6 Å². The molecular formula is C17H18N4. The number of nitrogens with two attached hydrogens (primary N) is 1. The highest BCUT2D eigenvalue weighted by Crippen LogP contribution is 2.22. The lowest BCUT2D eigenvalue weighted by Gasteiger charge is -2.18. The van der Waals surface area contributed by atoms with Crippen LogP contribution in [0.25, 0.3) is 11.0 Å². The number of aromatic amines is 1. The van der Waals surface area contributed by atoms with Crippen LogP contribution in [0, 0.1) is 0 Å². The zero-order chi connectivity index (χ0) is 14.2. The lowest BCUT2D eigenvalue weighted by atomic mass is 10.0. The smallest absolute Gasteiger partial charge is 0.203 e. The maximum atomic E-state index is 5.83. The molecule has 0 unspecified atom stereocenters. The Bertz CT molecular complexity index is 763. The largest absolute Gasteiger partial charge is 0.399 e. The Morgan fingerprint density at radius 1 is 1.00 bits per heavy atom. The van der Waals surface area contributed by atoms with Gasteiger partial charge in [-0.3, -0.25) is 0 Å². The van der Waals surface area contributed by atoms with Crippen LogP contribution >= 0.6 is 0 Å². The predicted octanol–water partition coefficient (Wildman–Crippen LogP) is 2.75. The van der Waals surface area contributed by atoms with Gasteiger partial charge in [-0.1, -0.05) is 24.3 Å². The van der Waals surface area contributed by atoms with Gasteiger partial charge in [-0.15, -0.1) is 0 Å². The zero-order valence-corrected chi connectivity index (χ0v) is 11.8. The van der Waals surface area contributed by atoms with Crippen LogP contribution in [0.2, 0.25) is 0 Å². The summed E-state index contributed by atoms with van der Waals surface area (Å²) in [4.78, 5) is 10.4. The summed E-state index contributed by atoms with van der Waals surface area (Å²) in [6.07, 6.45) is 2.13. The van der Waals surface area contributed by atoms with Gasteiger partial charge < -0.3 is 15.6 Å². The molecule has 0 saturated carbocycles. The molecule has 0 atom stereocenters. The summed E-state index contributed by atoms with van der Waals surface area (Å²) in [6, 6.07) is 14.5. The Kier molecular flexibility index (Phi) is 2.81. The Morgan fingerprint density at radius 3 is 2.43 bits per heavy atom. The highest BCUT2D eigenvalue weighted by atomic mass is 15.3. The highest BCUT2D eigenvalue weighted by molar-refractivity contribution is 5.80. The molecule has 4 heteroatoms. The maximum absolute atomic E-state index is 5.83. The average Bonchev–Trinajstić information content (AvgIpc) is 2.78. The first-order valence-corrected chi connectivity index (χ1v) is 7.36. The van der Waals surface area contributed by atoms with E-state index >= 15 is 0 Å². The second-order valence-electron chi connectivity index (χ2n) is 5.59. The van der Waals surface area contributed by atoms with Crippen LogP contribution in [0.4, 0.5) is 11.6 Å². The molecule has 1 aromatic heterocycles. The first kappa shape index (κ1) is 12.3. The van der Waals surface area contributed by atoms with E-state index in [1.165, 1.54) is 11.1 Å². The summed E-state index contributed by atoms with van der Waals surface area (Å²) < 4.78 is 0. The third-order valence-corrected chi connectivity index (χ3v) is 4.21. The van der Waals surface area contributed by atoms with Crippen molar-refractivity contribution in [1.82, 2.24) is 9.97 Å². The summed E-state index contributed by atoms with van der Waals surface area (Å²) in [7, 11) is 0. The standard InChI is InChI=1S/C17H18N4/c18-14-5-6-15-16(11-14)20-17(19-15)21-9-7-12-3-1-2-4-13(12)8-10-21/h1-6,11H,7-10,18H2,(H,19,20). The van der Waals surface area contributed by atoms with Gasteiger partial charge in [-0.25, -0.2) is 4.98 Å². The number of rotatable bonds is 1. The molecule has 1 aliphatic rings. The van der Waals surface area contributed by atoms with Gasteiger partial charge in [0.1, 0.15) is 0 Å². The second kappa shape index (κ2) is 4.81. The fourth-order valence-corrected chi connectivity index (χ4v) is 3.04. The van der Waals surface area contributed by atoms with Crippen molar-refractivity contribution >= 4 is 22.7 Å². The Morgan fingerprint density at radius 2 is 1.71 bits per heavy atom. The van der Waals surface area contributed by atoms with Crippen molar-refractivity contribution < 1.29 is 0 Å². The minimum Gasteiger partial charge on any atom is -0.399 e.